The van der Waals surface area contributed by atoms with E-state index in [4.69, 9.17) is 28.4 Å². The first-order valence-corrected chi connectivity index (χ1v) is 10.2. The van der Waals surface area contributed by atoms with Crippen LogP contribution < -0.4 is 28.5 Å². The van der Waals surface area contributed by atoms with Crippen LogP contribution in [-0.2, 0) is 16.1 Å². The van der Waals surface area contributed by atoms with E-state index in [9.17, 15) is 9.59 Å². The van der Waals surface area contributed by atoms with Crippen LogP contribution in [0.2, 0.25) is 0 Å². The Morgan fingerprint density at radius 3 is 2.25 bits per heavy atom. The summed E-state index contributed by atoms with van der Waals surface area (Å²) in [6.45, 7) is -0.00201. The summed E-state index contributed by atoms with van der Waals surface area (Å²) in [5.41, 5.74) is 0.900. The molecule has 0 aliphatic carbocycles. The summed E-state index contributed by atoms with van der Waals surface area (Å²) < 4.78 is 34.0. The highest BCUT2D eigenvalue weighted by Gasteiger charge is 2.21. The summed E-state index contributed by atoms with van der Waals surface area (Å²) in [5.74, 6) is 1.13. The fraction of sp³-hybridized carbons (Fsp3) is 0.286. The lowest BCUT2D eigenvalue weighted by molar-refractivity contribution is -0.141. The molecule has 1 amide bonds. The summed E-state index contributed by atoms with van der Waals surface area (Å²) in [6.07, 6.45) is 0. The minimum absolute atomic E-state index is 0.125. The lowest BCUT2D eigenvalue weighted by Crippen LogP contribution is -2.22. The van der Waals surface area contributed by atoms with Crippen molar-refractivity contribution in [1.29, 1.82) is 0 Å². The zero-order valence-corrected chi connectivity index (χ0v) is 18.6. The average Bonchev–Trinajstić information content (AvgIpc) is 3.39. The number of fused-ring (bicyclic) bond motifs is 2. The van der Waals surface area contributed by atoms with Crippen LogP contribution in [0.5, 0.6) is 28.7 Å². The second kappa shape index (κ2) is 8.79. The maximum absolute atomic E-state index is 13.0. The average molecular weight is 460 g/mol. The van der Waals surface area contributed by atoms with Crippen molar-refractivity contribution in [1.82, 2.24) is 4.57 Å². The molecule has 0 radical (unpaired) electrons. The molecular weight excluding hydrogens is 440 g/mol. The van der Waals surface area contributed by atoms with E-state index in [1.807, 2.05) is 0 Å². The third-order valence-corrected chi connectivity index (χ3v) is 5.84. The highest BCUT2D eigenvalue weighted by Crippen LogP contribution is 2.39. The van der Waals surface area contributed by atoms with Gasteiger partial charge in [0, 0.05) is 17.7 Å². The van der Waals surface area contributed by atoms with Crippen molar-refractivity contribution >= 4 is 33.4 Å². The molecule has 4 rings (SSSR count). The van der Waals surface area contributed by atoms with E-state index in [0.29, 0.717) is 39.1 Å². The van der Waals surface area contributed by atoms with Gasteiger partial charge < -0.3 is 33.0 Å². The highest BCUT2D eigenvalue weighted by molar-refractivity contribution is 7.16. The minimum Gasteiger partial charge on any atom is -0.493 e. The quantitative estimate of drug-likeness (QED) is 0.516. The monoisotopic (exact) mass is 460 g/mol. The Kier molecular flexibility index (Phi) is 5.91. The Morgan fingerprint density at radius 1 is 1.00 bits per heavy atom. The van der Waals surface area contributed by atoms with E-state index in [1.54, 1.807) is 16.7 Å². The van der Waals surface area contributed by atoms with Gasteiger partial charge in [-0.1, -0.05) is 11.3 Å². The predicted octanol–water partition coefficient (Wildman–Crippen LogP) is 2.37. The largest absolute Gasteiger partial charge is 0.493 e. The third-order valence-electron chi connectivity index (χ3n) is 4.80. The molecule has 0 saturated heterocycles. The van der Waals surface area contributed by atoms with E-state index in [0.717, 1.165) is 4.70 Å². The predicted molar refractivity (Wildman–Crippen MR) is 114 cm³/mol. The molecule has 10 nitrogen and oxygen atoms in total. The molecule has 0 N–H and O–H groups in total. The van der Waals surface area contributed by atoms with Crippen LogP contribution in [-0.4, -0.2) is 51.7 Å². The first kappa shape index (κ1) is 21.5. The molecule has 0 unspecified atom stereocenters. The van der Waals surface area contributed by atoms with Gasteiger partial charge >= 0.3 is 5.97 Å². The topological polar surface area (TPSA) is 107 Å². The van der Waals surface area contributed by atoms with Gasteiger partial charge in [0.2, 0.25) is 12.5 Å². The molecule has 3 aromatic rings. The first-order chi connectivity index (χ1) is 15.5. The van der Waals surface area contributed by atoms with Gasteiger partial charge in [-0.15, -0.1) is 0 Å². The number of benzene rings is 2. The molecule has 0 fully saturated rings. The second-order valence-corrected chi connectivity index (χ2v) is 7.56. The van der Waals surface area contributed by atoms with Crippen molar-refractivity contribution in [2.24, 2.45) is 4.99 Å². The number of esters is 1. The van der Waals surface area contributed by atoms with Crippen molar-refractivity contribution in [3.05, 3.63) is 34.6 Å². The van der Waals surface area contributed by atoms with E-state index in [-0.39, 0.29) is 18.9 Å². The van der Waals surface area contributed by atoms with Gasteiger partial charge in [0.15, 0.2) is 27.8 Å². The number of thiazole rings is 1. The van der Waals surface area contributed by atoms with Crippen molar-refractivity contribution < 1.29 is 38.0 Å². The first-order valence-electron chi connectivity index (χ1n) is 9.38. The number of aromatic nitrogens is 1. The van der Waals surface area contributed by atoms with Gasteiger partial charge in [0.25, 0.3) is 5.91 Å². The Morgan fingerprint density at radius 2 is 1.66 bits per heavy atom. The summed E-state index contributed by atoms with van der Waals surface area (Å²) in [6, 6.07) is 6.57. The molecule has 2 aromatic carbocycles. The molecule has 11 heteroatoms. The van der Waals surface area contributed by atoms with E-state index < -0.39 is 11.9 Å². The zero-order chi connectivity index (χ0) is 22.8. The van der Waals surface area contributed by atoms with Crippen LogP contribution >= 0.6 is 11.3 Å². The smallest absolute Gasteiger partial charge is 0.325 e. The van der Waals surface area contributed by atoms with Gasteiger partial charge in [0.1, 0.15) is 6.54 Å². The minimum atomic E-state index is -0.547. The van der Waals surface area contributed by atoms with Gasteiger partial charge in [-0.05, 0) is 12.1 Å². The Hall–Kier alpha value is -3.73. The van der Waals surface area contributed by atoms with Crippen molar-refractivity contribution in [2.75, 3.05) is 35.2 Å². The summed E-state index contributed by atoms with van der Waals surface area (Å²) in [7, 11) is 5.69. The lowest BCUT2D eigenvalue weighted by atomic mass is 10.1. The van der Waals surface area contributed by atoms with Crippen LogP contribution in [0.3, 0.4) is 0 Å². The number of carbonyl (C=O) groups is 2. The van der Waals surface area contributed by atoms with Crippen LogP contribution in [0.4, 0.5) is 0 Å². The number of nitrogens with zero attached hydrogens (tertiary/aromatic N) is 2. The standard InChI is InChI=1S/C21H20N2O8S/c1-26-15-5-11(6-16(27-2)19(15)29-4)20(25)22-21-23(9-18(24)28-3)12-7-13-14(31-10-30-13)8-17(12)32-21/h5-8H,9-10H2,1-4H3. The molecular formula is C21H20N2O8S. The van der Waals surface area contributed by atoms with E-state index >= 15 is 0 Å². The molecule has 32 heavy (non-hydrogen) atoms. The van der Waals surface area contributed by atoms with Crippen LogP contribution in [0.1, 0.15) is 10.4 Å². The molecule has 0 saturated carbocycles. The number of methoxy groups -OCH3 is 4. The Labute approximate surface area is 186 Å². The fourth-order valence-electron chi connectivity index (χ4n) is 3.25. The second-order valence-electron chi connectivity index (χ2n) is 6.55. The van der Waals surface area contributed by atoms with Gasteiger partial charge in [-0.25, -0.2) is 0 Å². The molecule has 1 aliphatic heterocycles. The molecule has 1 aliphatic rings. The summed E-state index contributed by atoms with van der Waals surface area (Å²) in [5, 5.41) is 0. The van der Waals surface area contributed by atoms with Gasteiger partial charge in [-0.2, -0.15) is 4.99 Å². The van der Waals surface area contributed by atoms with E-state index in [2.05, 4.69) is 4.99 Å². The van der Waals surface area contributed by atoms with Crippen LogP contribution in [0.25, 0.3) is 10.2 Å². The van der Waals surface area contributed by atoms with Crippen molar-refractivity contribution in [3.63, 3.8) is 0 Å². The van der Waals surface area contributed by atoms with Gasteiger partial charge in [-0.3, -0.25) is 9.59 Å². The molecule has 2 heterocycles. The number of carbonyl (C=O) groups excluding carboxylic acids is 2. The Balaban J connectivity index is 1.85. The zero-order valence-electron chi connectivity index (χ0n) is 17.8. The number of rotatable bonds is 6. The molecule has 168 valence electrons. The molecule has 0 atom stereocenters. The molecule has 1 aromatic heterocycles. The number of amides is 1. The number of ether oxygens (including phenoxy) is 6. The van der Waals surface area contributed by atoms with Crippen LogP contribution in [0.15, 0.2) is 29.3 Å². The maximum Gasteiger partial charge on any atom is 0.325 e. The third kappa shape index (κ3) is 3.82. The molecule has 0 spiro atoms. The van der Waals surface area contributed by atoms with Gasteiger partial charge in [0.05, 0.1) is 38.7 Å². The lowest BCUT2D eigenvalue weighted by Gasteiger charge is -2.12. The highest BCUT2D eigenvalue weighted by atomic mass is 32.1. The number of hydrogen-bond acceptors (Lipinski definition) is 9. The van der Waals surface area contributed by atoms with Crippen molar-refractivity contribution in [2.45, 2.75) is 6.54 Å². The van der Waals surface area contributed by atoms with Crippen LogP contribution in [0, 0.1) is 0 Å². The summed E-state index contributed by atoms with van der Waals surface area (Å²) >= 11 is 1.24. The Bertz CT molecular complexity index is 1250. The van der Waals surface area contributed by atoms with Crippen molar-refractivity contribution in [3.8, 4) is 28.7 Å². The normalized spacial score (nSPS) is 12.7. The maximum atomic E-state index is 13.0. The van der Waals surface area contributed by atoms with E-state index in [1.165, 1.54) is 51.9 Å². The SMILES string of the molecule is COC(=O)Cn1c(=NC(=O)c2cc(OC)c(OC)c(OC)c2)sc2cc3c(cc21)OCO3. The molecule has 0 bridgehead atoms. The summed E-state index contributed by atoms with van der Waals surface area (Å²) in [4.78, 5) is 29.7. The fourth-order valence-corrected chi connectivity index (χ4v) is 4.29. The number of hydrogen-bond donors (Lipinski definition) is 0.